The quantitative estimate of drug-likeness (QED) is 0.603. The van der Waals surface area contributed by atoms with Crippen LogP contribution in [-0.2, 0) is 17.8 Å². The minimum Gasteiger partial charge on any atom is -0.379 e. The van der Waals surface area contributed by atoms with E-state index in [9.17, 15) is 8.78 Å². The minimum atomic E-state index is -0.806. The Morgan fingerprint density at radius 2 is 1.80 bits per heavy atom. The molecule has 2 rings (SSSR count). The van der Waals surface area contributed by atoms with Crippen molar-refractivity contribution >= 4 is 12.4 Å². The maximum absolute atomic E-state index is 14.0. The fraction of sp³-hybridized carbons (Fsp3) is 0.421. The first kappa shape index (κ1) is 21.5. The van der Waals surface area contributed by atoms with Gasteiger partial charge in [-0.15, -0.1) is 12.4 Å². The number of halogens is 3. The monoisotopic (exact) mass is 370 g/mol. The normalized spacial score (nSPS) is 11.0. The van der Waals surface area contributed by atoms with Gasteiger partial charge in [0, 0.05) is 44.2 Å². The van der Waals surface area contributed by atoms with E-state index in [1.54, 1.807) is 24.5 Å². The average molecular weight is 371 g/mol. The fourth-order valence-electron chi connectivity index (χ4n) is 2.48. The molecule has 138 valence electrons. The smallest absolute Gasteiger partial charge is 0.163 e. The van der Waals surface area contributed by atoms with Crippen LogP contribution >= 0.6 is 12.4 Å². The molecule has 2 aromatic rings. The molecule has 6 heteroatoms. The summed E-state index contributed by atoms with van der Waals surface area (Å²) < 4.78 is 33.0. The highest BCUT2D eigenvalue weighted by Crippen LogP contribution is 2.16. The molecular formula is C19H25ClF2N2O. The topological polar surface area (TPSA) is 25.4 Å². The lowest BCUT2D eigenvalue weighted by atomic mass is 10.1. The molecular weight excluding hydrogens is 346 g/mol. The van der Waals surface area contributed by atoms with Crippen molar-refractivity contribution in [3.05, 3.63) is 65.5 Å². The Morgan fingerprint density at radius 1 is 1.08 bits per heavy atom. The van der Waals surface area contributed by atoms with E-state index in [4.69, 9.17) is 4.74 Å². The third-order valence-electron chi connectivity index (χ3n) is 3.65. The lowest BCUT2D eigenvalue weighted by Gasteiger charge is -2.23. The van der Waals surface area contributed by atoms with Crippen LogP contribution in [0.25, 0.3) is 0 Å². The minimum absolute atomic E-state index is 0. The summed E-state index contributed by atoms with van der Waals surface area (Å²) in [6.07, 6.45) is 4.50. The Bertz CT molecular complexity index is 626. The fourth-order valence-corrected chi connectivity index (χ4v) is 2.48. The van der Waals surface area contributed by atoms with Crippen molar-refractivity contribution < 1.29 is 13.5 Å². The second kappa shape index (κ2) is 11.1. The summed E-state index contributed by atoms with van der Waals surface area (Å²) in [6, 6.07) is 8.17. The SMILES string of the molecule is CC(C)OCCCN(Cc1ccncc1)Cc1cccc(F)c1F.Cl. The second-order valence-electron chi connectivity index (χ2n) is 6.05. The molecule has 0 bridgehead atoms. The largest absolute Gasteiger partial charge is 0.379 e. The van der Waals surface area contributed by atoms with Gasteiger partial charge in [-0.1, -0.05) is 12.1 Å². The summed E-state index contributed by atoms with van der Waals surface area (Å²) in [7, 11) is 0. The van der Waals surface area contributed by atoms with Gasteiger partial charge >= 0.3 is 0 Å². The zero-order valence-corrected chi connectivity index (χ0v) is 15.4. The molecule has 0 N–H and O–H groups in total. The van der Waals surface area contributed by atoms with E-state index in [1.165, 1.54) is 0 Å². The molecule has 0 aliphatic rings. The van der Waals surface area contributed by atoms with Gasteiger partial charge in [-0.3, -0.25) is 9.88 Å². The van der Waals surface area contributed by atoms with Crippen LogP contribution in [0.5, 0.6) is 0 Å². The zero-order chi connectivity index (χ0) is 17.4. The Morgan fingerprint density at radius 3 is 2.48 bits per heavy atom. The lowest BCUT2D eigenvalue weighted by molar-refractivity contribution is 0.0692. The summed E-state index contributed by atoms with van der Waals surface area (Å²) in [6.45, 7) is 6.39. The Labute approximate surface area is 154 Å². The Hall–Kier alpha value is -1.56. The van der Waals surface area contributed by atoms with Gasteiger partial charge in [-0.25, -0.2) is 8.78 Å². The molecule has 1 aromatic carbocycles. The van der Waals surface area contributed by atoms with E-state index in [2.05, 4.69) is 9.88 Å². The van der Waals surface area contributed by atoms with Crippen molar-refractivity contribution in [3.63, 3.8) is 0 Å². The molecule has 25 heavy (non-hydrogen) atoms. The van der Waals surface area contributed by atoms with Crippen LogP contribution in [0.3, 0.4) is 0 Å². The standard InChI is InChI=1S/C19H24F2N2O.ClH/c1-15(2)24-12-4-11-23(13-16-7-9-22-10-8-16)14-17-5-3-6-18(20)19(17)21;/h3,5-10,15H,4,11-14H2,1-2H3;1H. The van der Waals surface area contributed by atoms with E-state index in [1.807, 2.05) is 26.0 Å². The molecule has 0 spiro atoms. The van der Waals surface area contributed by atoms with Crippen molar-refractivity contribution in [2.75, 3.05) is 13.2 Å². The van der Waals surface area contributed by atoms with Crippen molar-refractivity contribution in [3.8, 4) is 0 Å². The highest BCUT2D eigenvalue weighted by molar-refractivity contribution is 5.85. The maximum Gasteiger partial charge on any atom is 0.163 e. The molecule has 0 saturated carbocycles. The molecule has 0 fully saturated rings. The molecule has 3 nitrogen and oxygen atoms in total. The van der Waals surface area contributed by atoms with Crippen molar-refractivity contribution in [1.29, 1.82) is 0 Å². The number of hydrogen-bond acceptors (Lipinski definition) is 3. The van der Waals surface area contributed by atoms with Gasteiger partial charge in [0.2, 0.25) is 0 Å². The molecule has 0 unspecified atom stereocenters. The predicted molar refractivity (Wildman–Crippen MR) is 97.7 cm³/mol. The third-order valence-corrected chi connectivity index (χ3v) is 3.65. The van der Waals surface area contributed by atoms with E-state index in [0.717, 1.165) is 24.6 Å². The van der Waals surface area contributed by atoms with E-state index in [0.29, 0.717) is 25.3 Å². The first-order valence-corrected chi connectivity index (χ1v) is 8.22. The van der Waals surface area contributed by atoms with E-state index in [-0.39, 0.29) is 18.5 Å². The zero-order valence-electron chi connectivity index (χ0n) is 14.6. The van der Waals surface area contributed by atoms with Crippen LogP contribution in [0.15, 0.2) is 42.7 Å². The lowest BCUT2D eigenvalue weighted by Crippen LogP contribution is -2.26. The maximum atomic E-state index is 14.0. The molecule has 0 amide bonds. The van der Waals surface area contributed by atoms with Crippen molar-refractivity contribution in [2.45, 2.75) is 39.5 Å². The van der Waals surface area contributed by atoms with Crippen LogP contribution < -0.4 is 0 Å². The molecule has 0 saturated heterocycles. The number of ether oxygens (including phenoxy) is 1. The van der Waals surface area contributed by atoms with Gasteiger partial charge in [0.15, 0.2) is 11.6 Å². The average Bonchev–Trinajstić information content (AvgIpc) is 2.56. The van der Waals surface area contributed by atoms with Crippen LogP contribution in [0.2, 0.25) is 0 Å². The predicted octanol–water partition coefficient (Wildman–Crippen LogP) is 4.60. The van der Waals surface area contributed by atoms with Gasteiger partial charge < -0.3 is 4.74 Å². The molecule has 1 heterocycles. The van der Waals surface area contributed by atoms with Crippen molar-refractivity contribution in [2.24, 2.45) is 0 Å². The summed E-state index contributed by atoms with van der Waals surface area (Å²) in [5.41, 5.74) is 1.46. The van der Waals surface area contributed by atoms with Crippen LogP contribution in [0.1, 0.15) is 31.4 Å². The first-order valence-electron chi connectivity index (χ1n) is 8.22. The third kappa shape index (κ3) is 7.46. The summed E-state index contributed by atoms with van der Waals surface area (Å²) >= 11 is 0. The van der Waals surface area contributed by atoms with Gasteiger partial charge in [0.1, 0.15) is 0 Å². The first-order chi connectivity index (χ1) is 11.6. The number of rotatable bonds is 9. The van der Waals surface area contributed by atoms with E-state index < -0.39 is 11.6 Å². The van der Waals surface area contributed by atoms with Crippen LogP contribution in [0.4, 0.5) is 8.78 Å². The molecule has 0 aliphatic carbocycles. The summed E-state index contributed by atoms with van der Waals surface area (Å²) in [4.78, 5) is 6.10. The molecule has 0 aliphatic heterocycles. The number of hydrogen-bond donors (Lipinski definition) is 0. The second-order valence-corrected chi connectivity index (χ2v) is 6.05. The molecule has 0 atom stereocenters. The van der Waals surface area contributed by atoms with Gasteiger partial charge in [-0.2, -0.15) is 0 Å². The van der Waals surface area contributed by atoms with Crippen molar-refractivity contribution in [1.82, 2.24) is 9.88 Å². The Balaban J connectivity index is 0.00000312. The van der Waals surface area contributed by atoms with Crippen LogP contribution in [0, 0.1) is 11.6 Å². The summed E-state index contributed by atoms with van der Waals surface area (Å²) in [5, 5.41) is 0. The number of nitrogens with zero attached hydrogens (tertiary/aromatic N) is 2. The number of aromatic nitrogens is 1. The molecule has 0 radical (unpaired) electrons. The van der Waals surface area contributed by atoms with Crippen LogP contribution in [-0.4, -0.2) is 29.1 Å². The Kier molecular flexibility index (Phi) is 9.57. The number of benzene rings is 1. The van der Waals surface area contributed by atoms with E-state index >= 15 is 0 Å². The molecule has 1 aromatic heterocycles. The highest BCUT2D eigenvalue weighted by atomic mass is 35.5. The van der Waals surface area contributed by atoms with Gasteiger partial charge in [0.25, 0.3) is 0 Å². The number of pyridine rings is 1. The highest BCUT2D eigenvalue weighted by Gasteiger charge is 2.13. The summed E-state index contributed by atoms with van der Waals surface area (Å²) in [5.74, 6) is -1.57. The van der Waals surface area contributed by atoms with Gasteiger partial charge in [-0.05, 0) is 44.0 Å². The van der Waals surface area contributed by atoms with Gasteiger partial charge in [0.05, 0.1) is 6.10 Å².